The number of carboxylic acid groups (broad SMARTS) is 1. The molecule has 0 amide bonds. The number of carbonyl (C=O) groups is 1. The number of carboxylic acids is 1. The zero-order valence-corrected chi connectivity index (χ0v) is 11.4. The third-order valence-corrected chi connectivity index (χ3v) is 3.66. The third-order valence-electron chi connectivity index (χ3n) is 2.86. The number of rotatable bonds is 6. The number of aromatic nitrogens is 2. The van der Waals surface area contributed by atoms with Gasteiger partial charge in [0.1, 0.15) is 11.4 Å². The maximum absolute atomic E-state index is 10.5. The maximum atomic E-state index is 10.5. The second kappa shape index (κ2) is 6.36. The Morgan fingerprint density at radius 2 is 2.26 bits per heavy atom. The maximum Gasteiger partial charge on any atom is 0.314 e. The van der Waals surface area contributed by atoms with Gasteiger partial charge in [-0.3, -0.25) is 4.79 Å². The van der Waals surface area contributed by atoms with Gasteiger partial charge in [-0.1, -0.05) is 16.9 Å². The van der Waals surface area contributed by atoms with Gasteiger partial charge in [-0.05, 0) is 6.92 Å². The molecular weight excluding hydrogens is 272 g/mol. The van der Waals surface area contributed by atoms with Gasteiger partial charge in [-0.15, -0.1) is 0 Å². The molecule has 0 saturated carbocycles. The summed E-state index contributed by atoms with van der Waals surface area (Å²) < 4.78 is 16.2. The van der Waals surface area contributed by atoms with E-state index in [1.807, 2.05) is 6.92 Å². The van der Waals surface area contributed by atoms with Crippen LogP contribution in [-0.2, 0) is 19.9 Å². The van der Waals surface area contributed by atoms with Crippen molar-refractivity contribution in [3.8, 4) is 0 Å². The first-order chi connectivity index (χ1) is 9.16. The van der Waals surface area contributed by atoms with Gasteiger partial charge >= 0.3 is 5.97 Å². The number of thioether (sulfide) groups is 1. The highest BCUT2D eigenvalue weighted by atomic mass is 32.2. The van der Waals surface area contributed by atoms with E-state index >= 15 is 0 Å². The molecule has 1 aromatic heterocycles. The molecule has 1 fully saturated rings. The smallest absolute Gasteiger partial charge is 0.314 e. The van der Waals surface area contributed by atoms with Gasteiger partial charge in [0.25, 0.3) is 5.22 Å². The van der Waals surface area contributed by atoms with Crippen molar-refractivity contribution in [2.24, 2.45) is 0 Å². The zero-order valence-electron chi connectivity index (χ0n) is 10.6. The summed E-state index contributed by atoms with van der Waals surface area (Å²) >= 11 is 1.00. The minimum Gasteiger partial charge on any atom is -0.481 e. The van der Waals surface area contributed by atoms with Crippen molar-refractivity contribution in [2.45, 2.75) is 30.6 Å². The highest BCUT2D eigenvalue weighted by Crippen LogP contribution is 2.35. The Hall–Kier alpha value is -1.12. The Kier molecular flexibility index (Phi) is 4.78. The second-order valence-corrected chi connectivity index (χ2v) is 5.03. The molecule has 1 N–H and O–H groups in total. The van der Waals surface area contributed by atoms with Crippen LogP contribution >= 0.6 is 11.8 Å². The van der Waals surface area contributed by atoms with Crippen LogP contribution in [0.4, 0.5) is 0 Å². The van der Waals surface area contributed by atoms with Crippen LogP contribution in [0.25, 0.3) is 0 Å². The fourth-order valence-electron chi connectivity index (χ4n) is 1.99. The lowest BCUT2D eigenvalue weighted by molar-refractivity contribution is -0.133. The number of aliphatic carboxylic acids is 1. The molecule has 1 saturated heterocycles. The van der Waals surface area contributed by atoms with Gasteiger partial charge < -0.3 is 19.1 Å². The third kappa shape index (κ3) is 3.46. The van der Waals surface area contributed by atoms with Crippen LogP contribution in [0.1, 0.15) is 25.6 Å². The van der Waals surface area contributed by atoms with Crippen molar-refractivity contribution in [2.75, 3.05) is 25.6 Å². The highest BCUT2D eigenvalue weighted by molar-refractivity contribution is 7.99. The molecule has 0 aromatic carbocycles. The topological polar surface area (TPSA) is 94.7 Å². The first-order valence-electron chi connectivity index (χ1n) is 6.07. The molecule has 0 aliphatic carbocycles. The lowest BCUT2D eigenvalue weighted by Gasteiger charge is -2.33. The van der Waals surface area contributed by atoms with Crippen LogP contribution in [-0.4, -0.2) is 46.8 Å². The van der Waals surface area contributed by atoms with Gasteiger partial charge in [0.2, 0.25) is 5.82 Å². The van der Waals surface area contributed by atoms with Crippen molar-refractivity contribution in [1.82, 2.24) is 10.1 Å². The number of hydrogen-bond acceptors (Lipinski definition) is 7. The van der Waals surface area contributed by atoms with Crippen LogP contribution in [0.2, 0.25) is 0 Å². The largest absolute Gasteiger partial charge is 0.481 e. The van der Waals surface area contributed by atoms with E-state index in [1.165, 1.54) is 0 Å². The molecule has 106 valence electrons. The van der Waals surface area contributed by atoms with E-state index in [0.717, 1.165) is 11.8 Å². The quantitative estimate of drug-likeness (QED) is 0.782. The molecule has 1 aliphatic heterocycles. The van der Waals surface area contributed by atoms with E-state index in [1.54, 1.807) is 0 Å². The summed E-state index contributed by atoms with van der Waals surface area (Å²) in [5.74, 6) is -0.548. The van der Waals surface area contributed by atoms with Crippen molar-refractivity contribution < 1.29 is 23.9 Å². The highest BCUT2D eigenvalue weighted by Gasteiger charge is 2.39. The normalized spacial score (nSPS) is 18.4. The molecule has 0 spiro atoms. The molecule has 0 bridgehead atoms. The van der Waals surface area contributed by atoms with Crippen LogP contribution < -0.4 is 0 Å². The van der Waals surface area contributed by atoms with Crippen LogP contribution in [0.5, 0.6) is 0 Å². The van der Waals surface area contributed by atoms with Gasteiger partial charge in [0.05, 0.1) is 0 Å². The van der Waals surface area contributed by atoms with Crippen molar-refractivity contribution in [1.29, 1.82) is 0 Å². The molecule has 1 aliphatic rings. The van der Waals surface area contributed by atoms with Crippen molar-refractivity contribution >= 4 is 17.7 Å². The number of hydrogen-bond donors (Lipinski definition) is 1. The Morgan fingerprint density at radius 3 is 2.89 bits per heavy atom. The average molecular weight is 288 g/mol. The monoisotopic (exact) mass is 288 g/mol. The molecule has 2 rings (SSSR count). The summed E-state index contributed by atoms with van der Waals surface area (Å²) in [6, 6.07) is 0. The van der Waals surface area contributed by atoms with E-state index < -0.39 is 11.6 Å². The molecule has 1 aromatic rings. The van der Waals surface area contributed by atoms with E-state index in [-0.39, 0.29) is 11.0 Å². The van der Waals surface area contributed by atoms with Crippen LogP contribution in [0.3, 0.4) is 0 Å². The summed E-state index contributed by atoms with van der Waals surface area (Å²) in [6.45, 7) is 3.64. The summed E-state index contributed by atoms with van der Waals surface area (Å²) in [6.07, 6.45) is 1.34. The molecular formula is C11H16N2O5S. The van der Waals surface area contributed by atoms with Gasteiger partial charge in [0.15, 0.2) is 0 Å². The van der Waals surface area contributed by atoms with Gasteiger partial charge in [-0.25, -0.2) is 0 Å². The second-order valence-electron chi connectivity index (χ2n) is 4.11. The molecule has 0 atom stereocenters. The van der Waals surface area contributed by atoms with E-state index in [9.17, 15) is 4.79 Å². The van der Waals surface area contributed by atoms with E-state index in [0.29, 0.717) is 38.5 Å². The summed E-state index contributed by atoms with van der Waals surface area (Å²) in [4.78, 5) is 14.7. The zero-order chi connectivity index (χ0) is 13.7. The number of nitrogens with zero attached hydrogens (tertiary/aromatic N) is 2. The number of ether oxygens (including phenoxy) is 2. The SMILES string of the molecule is CCOC1(c2noc(SCC(=O)O)n2)CCOCC1. The fraction of sp³-hybridized carbons (Fsp3) is 0.727. The molecule has 0 unspecified atom stereocenters. The minimum atomic E-state index is -0.921. The van der Waals surface area contributed by atoms with Gasteiger partial charge in [0, 0.05) is 32.7 Å². The molecule has 19 heavy (non-hydrogen) atoms. The minimum absolute atomic E-state index is 0.105. The molecule has 2 heterocycles. The van der Waals surface area contributed by atoms with Crippen molar-refractivity contribution in [3.63, 3.8) is 0 Å². The summed E-state index contributed by atoms with van der Waals surface area (Å²) in [7, 11) is 0. The first kappa shape index (κ1) is 14.3. The predicted octanol–water partition coefficient (Wildman–Crippen LogP) is 1.29. The Labute approximate surface area is 114 Å². The van der Waals surface area contributed by atoms with Crippen LogP contribution in [0, 0.1) is 0 Å². The lowest BCUT2D eigenvalue weighted by atomic mass is 9.93. The van der Waals surface area contributed by atoms with Crippen molar-refractivity contribution in [3.05, 3.63) is 5.82 Å². The summed E-state index contributed by atoms with van der Waals surface area (Å²) in [5.41, 5.74) is -0.571. The summed E-state index contributed by atoms with van der Waals surface area (Å²) in [5, 5.41) is 12.8. The Balaban J connectivity index is 2.11. The Morgan fingerprint density at radius 1 is 1.53 bits per heavy atom. The molecule has 7 nitrogen and oxygen atoms in total. The predicted molar refractivity (Wildman–Crippen MR) is 66.0 cm³/mol. The molecule has 0 radical (unpaired) electrons. The van der Waals surface area contributed by atoms with E-state index in [4.69, 9.17) is 19.1 Å². The van der Waals surface area contributed by atoms with E-state index in [2.05, 4.69) is 10.1 Å². The first-order valence-corrected chi connectivity index (χ1v) is 7.05. The average Bonchev–Trinajstić information content (AvgIpc) is 2.87. The lowest BCUT2D eigenvalue weighted by Crippen LogP contribution is -2.37. The van der Waals surface area contributed by atoms with Gasteiger partial charge in [-0.2, -0.15) is 4.98 Å². The fourth-order valence-corrected chi connectivity index (χ4v) is 2.47. The van der Waals surface area contributed by atoms with Crippen LogP contribution in [0.15, 0.2) is 9.75 Å². The standard InChI is InChI=1S/C11H16N2O5S/c1-2-17-11(3-5-16-6-4-11)9-12-10(18-13-9)19-7-8(14)15/h2-7H2,1H3,(H,14,15). The Bertz CT molecular complexity index is 425. The molecule has 8 heteroatoms.